The number of benzene rings is 2. The van der Waals surface area contributed by atoms with Gasteiger partial charge in [0.05, 0.1) is 17.7 Å². The molecule has 4 heteroatoms. The van der Waals surface area contributed by atoms with Crippen LogP contribution in [0.3, 0.4) is 0 Å². The highest BCUT2D eigenvalue weighted by atomic mass is 35.5. The van der Waals surface area contributed by atoms with E-state index in [9.17, 15) is 5.11 Å². The fraction of sp³-hybridized carbons (Fsp3) is 0.167. The molecule has 0 saturated carbocycles. The number of anilines is 1. The zero-order valence-corrected chi connectivity index (χ0v) is 12.8. The van der Waals surface area contributed by atoms with E-state index in [0.29, 0.717) is 6.54 Å². The van der Waals surface area contributed by atoms with E-state index in [1.54, 1.807) is 6.20 Å². The van der Waals surface area contributed by atoms with E-state index >= 15 is 0 Å². The Balaban J connectivity index is 1.99. The van der Waals surface area contributed by atoms with Gasteiger partial charge in [-0.05, 0) is 29.7 Å². The molecule has 2 aromatic carbocycles. The highest BCUT2D eigenvalue weighted by Gasteiger charge is 2.06. The summed E-state index contributed by atoms with van der Waals surface area (Å²) >= 11 is 5.64. The van der Waals surface area contributed by atoms with Gasteiger partial charge in [-0.3, -0.25) is 4.98 Å². The molecule has 2 N–H and O–H groups in total. The number of fused-ring (bicyclic) bond motifs is 1. The normalized spacial score (nSPS) is 12.3. The average Bonchev–Trinajstić information content (AvgIpc) is 2.59. The van der Waals surface area contributed by atoms with Crippen LogP contribution in [0.2, 0.25) is 0 Å². The molecule has 0 spiro atoms. The first-order chi connectivity index (χ1) is 10.8. The Morgan fingerprint density at radius 2 is 2.00 bits per heavy atom. The number of aliphatic hydroxyl groups excluding tert-OH is 1. The van der Waals surface area contributed by atoms with Gasteiger partial charge in [-0.1, -0.05) is 30.3 Å². The Morgan fingerprint density at radius 1 is 1.09 bits per heavy atom. The SMILES string of the molecule is OC(CCl)CNc1cccc2ccc(-c3ccccn3)cc12. The minimum absolute atomic E-state index is 0.219. The van der Waals surface area contributed by atoms with Crippen LogP contribution in [0.25, 0.3) is 22.0 Å². The second kappa shape index (κ2) is 6.77. The van der Waals surface area contributed by atoms with Crippen molar-refractivity contribution in [1.29, 1.82) is 0 Å². The molecule has 1 heterocycles. The quantitative estimate of drug-likeness (QED) is 0.702. The Hall–Kier alpha value is -2.10. The van der Waals surface area contributed by atoms with Gasteiger partial charge < -0.3 is 10.4 Å². The fourth-order valence-corrected chi connectivity index (χ4v) is 2.51. The molecule has 0 aliphatic carbocycles. The second-order valence-electron chi connectivity index (χ2n) is 5.15. The Bertz CT molecular complexity index is 761. The molecule has 0 fully saturated rings. The summed E-state index contributed by atoms with van der Waals surface area (Å²) in [6.07, 6.45) is 1.23. The molecule has 3 rings (SSSR count). The molecule has 1 unspecified atom stereocenters. The van der Waals surface area contributed by atoms with Crippen molar-refractivity contribution in [1.82, 2.24) is 4.98 Å². The molecule has 0 aliphatic heterocycles. The number of pyridine rings is 1. The van der Waals surface area contributed by atoms with Crippen LogP contribution in [0.5, 0.6) is 0 Å². The van der Waals surface area contributed by atoms with Crippen molar-refractivity contribution in [2.45, 2.75) is 6.10 Å². The van der Waals surface area contributed by atoms with Crippen molar-refractivity contribution in [2.75, 3.05) is 17.7 Å². The largest absolute Gasteiger partial charge is 0.390 e. The second-order valence-corrected chi connectivity index (χ2v) is 5.45. The summed E-state index contributed by atoms with van der Waals surface area (Å²) < 4.78 is 0. The van der Waals surface area contributed by atoms with E-state index in [4.69, 9.17) is 11.6 Å². The number of rotatable bonds is 5. The van der Waals surface area contributed by atoms with Gasteiger partial charge in [-0.15, -0.1) is 11.6 Å². The zero-order chi connectivity index (χ0) is 15.4. The maximum Gasteiger partial charge on any atom is 0.0847 e. The first-order valence-corrected chi connectivity index (χ1v) is 7.73. The smallest absolute Gasteiger partial charge is 0.0847 e. The average molecular weight is 313 g/mol. The van der Waals surface area contributed by atoms with Gasteiger partial charge in [0.25, 0.3) is 0 Å². The van der Waals surface area contributed by atoms with Crippen LogP contribution in [-0.2, 0) is 0 Å². The topological polar surface area (TPSA) is 45.1 Å². The lowest BCUT2D eigenvalue weighted by atomic mass is 10.0. The first kappa shape index (κ1) is 14.8. The van der Waals surface area contributed by atoms with Crippen molar-refractivity contribution in [3.05, 3.63) is 60.8 Å². The number of aromatic nitrogens is 1. The summed E-state index contributed by atoms with van der Waals surface area (Å²) in [6.45, 7) is 0.427. The van der Waals surface area contributed by atoms with Crippen LogP contribution >= 0.6 is 11.6 Å². The minimum atomic E-state index is -0.559. The van der Waals surface area contributed by atoms with Crippen molar-refractivity contribution in [3.63, 3.8) is 0 Å². The number of halogens is 1. The lowest BCUT2D eigenvalue weighted by Crippen LogP contribution is -2.20. The summed E-state index contributed by atoms with van der Waals surface area (Å²) in [5, 5.41) is 15.1. The number of hydrogen-bond donors (Lipinski definition) is 2. The van der Waals surface area contributed by atoms with Crippen LogP contribution in [0, 0.1) is 0 Å². The van der Waals surface area contributed by atoms with Crippen LogP contribution in [-0.4, -0.2) is 28.6 Å². The molecule has 3 aromatic rings. The molecule has 0 radical (unpaired) electrons. The molecule has 112 valence electrons. The van der Waals surface area contributed by atoms with E-state index in [1.807, 2.05) is 30.3 Å². The minimum Gasteiger partial charge on any atom is -0.390 e. The van der Waals surface area contributed by atoms with Gasteiger partial charge in [0.15, 0.2) is 0 Å². The highest BCUT2D eigenvalue weighted by Crippen LogP contribution is 2.28. The van der Waals surface area contributed by atoms with E-state index < -0.39 is 6.10 Å². The third kappa shape index (κ3) is 3.21. The number of aliphatic hydroxyl groups is 1. The predicted octanol–water partition coefficient (Wildman–Crippen LogP) is 3.91. The molecule has 1 atom stereocenters. The van der Waals surface area contributed by atoms with Gasteiger partial charge in [0.2, 0.25) is 0 Å². The number of nitrogens with zero attached hydrogens (tertiary/aromatic N) is 1. The number of alkyl halides is 1. The summed E-state index contributed by atoms with van der Waals surface area (Å²) in [5.74, 6) is 0.219. The molecule has 0 bridgehead atoms. The van der Waals surface area contributed by atoms with Crippen molar-refractivity contribution in [3.8, 4) is 11.3 Å². The van der Waals surface area contributed by atoms with Gasteiger partial charge in [-0.25, -0.2) is 0 Å². The monoisotopic (exact) mass is 312 g/mol. The molecular weight excluding hydrogens is 296 g/mol. The Kier molecular flexibility index (Phi) is 4.56. The lowest BCUT2D eigenvalue weighted by Gasteiger charge is -2.13. The molecule has 0 aliphatic rings. The summed E-state index contributed by atoms with van der Waals surface area (Å²) in [5.41, 5.74) is 3.00. The van der Waals surface area contributed by atoms with Gasteiger partial charge in [-0.2, -0.15) is 0 Å². The van der Waals surface area contributed by atoms with E-state index in [2.05, 4.69) is 34.6 Å². The molecule has 0 saturated heterocycles. The van der Waals surface area contributed by atoms with Gasteiger partial charge >= 0.3 is 0 Å². The maximum absolute atomic E-state index is 9.62. The standard InChI is InChI=1S/C18H17ClN2O/c19-11-15(22)12-21-18-6-3-4-13-7-8-14(10-16(13)18)17-5-1-2-9-20-17/h1-10,15,21-22H,11-12H2. The summed E-state index contributed by atoms with van der Waals surface area (Å²) in [7, 11) is 0. The predicted molar refractivity (Wildman–Crippen MR) is 92.4 cm³/mol. The Morgan fingerprint density at radius 3 is 2.77 bits per heavy atom. The third-order valence-corrected chi connectivity index (χ3v) is 3.91. The van der Waals surface area contributed by atoms with Crippen LogP contribution < -0.4 is 5.32 Å². The summed E-state index contributed by atoms with van der Waals surface area (Å²) in [4.78, 5) is 4.40. The van der Waals surface area contributed by atoms with E-state index in [-0.39, 0.29) is 5.88 Å². The fourth-order valence-electron chi connectivity index (χ4n) is 2.40. The molecular formula is C18H17ClN2O. The number of nitrogens with one attached hydrogen (secondary N) is 1. The van der Waals surface area contributed by atoms with Crippen molar-refractivity contribution in [2.24, 2.45) is 0 Å². The maximum atomic E-state index is 9.62. The van der Waals surface area contributed by atoms with Crippen molar-refractivity contribution < 1.29 is 5.11 Å². The highest BCUT2D eigenvalue weighted by molar-refractivity contribution is 6.18. The molecule has 22 heavy (non-hydrogen) atoms. The van der Waals surface area contributed by atoms with Crippen LogP contribution in [0.15, 0.2) is 60.8 Å². The van der Waals surface area contributed by atoms with E-state index in [0.717, 1.165) is 27.7 Å². The zero-order valence-electron chi connectivity index (χ0n) is 12.0. The number of hydrogen-bond acceptors (Lipinski definition) is 3. The van der Waals surface area contributed by atoms with Crippen LogP contribution in [0.4, 0.5) is 5.69 Å². The lowest BCUT2D eigenvalue weighted by molar-refractivity contribution is 0.211. The third-order valence-electron chi connectivity index (χ3n) is 3.55. The molecule has 0 amide bonds. The van der Waals surface area contributed by atoms with Crippen molar-refractivity contribution >= 4 is 28.1 Å². The Labute approximate surface area is 134 Å². The van der Waals surface area contributed by atoms with Crippen LogP contribution in [0.1, 0.15) is 0 Å². The van der Waals surface area contributed by atoms with Gasteiger partial charge in [0, 0.05) is 29.4 Å². The molecule has 3 nitrogen and oxygen atoms in total. The van der Waals surface area contributed by atoms with E-state index in [1.165, 1.54) is 0 Å². The first-order valence-electron chi connectivity index (χ1n) is 7.20. The van der Waals surface area contributed by atoms with Gasteiger partial charge in [0.1, 0.15) is 0 Å². The summed E-state index contributed by atoms with van der Waals surface area (Å²) in [6, 6.07) is 18.2. The molecule has 1 aromatic heterocycles.